The summed E-state index contributed by atoms with van der Waals surface area (Å²) in [6.07, 6.45) is 6.90. The maximum absolute atomic E-state index is 13.3. The number of fused-ring (bicyclic) bond motifs is 2. The van der Waals surface area contributed by atoms with Crippen molar-refractivity contribution in [3.8, 4) is 22.4 Å². The number of likely N-dealkylation sites (tertiary alicyclic amines) is 1. The first kappa shape index (κ1) is 24.2. The van der Waals surface area contributed by atoms with Gasteiger partial charge in [-0.25, -0.2) is 4.98 Å². The maximum Gasteiger partial charge on any atom is 0.223 e. The summed E-state index contributed by atoms with van der Waals surface area (Å²) in [4.78, 5) is 38.9. The van der Waals surface area contributed by atoms with Gasteiger partial charge in [-0.1, -0.05) is 50.6 Å². The van der Waals surface area contributed by atoms with E-state index in [0.717, 1.165) is 70.2 Å². The molecule has 1 unspecified atom stereocenters. The smallest absolute Gasteiger partial charge is 0.223 e. The first-order chi connectivity index (χ1) is 18.5. The third kappa shape index (κ3) is 4.51. The van der Waals surface area contributed by atoms with Crippen LogP contribution in [0.1, 0.15) is 51.3 Å². The summed E-state index contributed by atoms with van der Waals surface area (Å²) in [7, 11) is 0. The summed E-state index contributed by atoms with van der Waals surface area (Å²) < 4.78 is 0. The predicted octanol–water partition coefficient (Wildman–Crippen LogP) is 6.84. The molecule has 0 bridgehead atoms. The number of amides is 1. The summed E-state index contributed by atoms with van der Waals surface area (Å²) in [5.41, 5.74) is 5.78. The van der Waals surface area contributed by atoms with Crippen molar-refractivity contribution < 1.29 is 4.79 Å². The highest BCUT2D eigenvalue weighted by atomic mass is 16.2. The molecule has 1 aliphatic heterocycles. The van der Waals surface area contributed by atoms with Crippen molar-refractivity contribution in [2.75, 3.05) is 6.54 Å². The quantitative estimate of drug-likeness (QED) is 0.266. The van der Waals surface area contributed by atoms with Gasteiger partial charge in [0.25, 0.3) is 0 Å². The van der Waals surface area contributed by atoms with Gasteiger partial charge in [0.05, 0.1) is 24.3 Å². The third-order valence-electron chi connectivity index (χ3n) is 7.99. The minimum atomic E-state index is -0.0597. The van der Waals surface area contributed by atoms with Crippen LogP contribution >= 0.6 is 0 Å². The SMILES string of the molecule is CC[C@H](C)CC(=O)N1CCCC1c1cc(=O)c2cc(-c3ccc4cc(-c5cnc[nH]5)ccc4c3)ccc2[nH]1. The molecular formula is C32H32N4O2. The van der Waals surface area contributed by atoms with Crippen LogP contribution in [0.4, 0.5) is 0 Å². The van der Waals surface area contributed by atoms with Gasteiger partial charge in [0.1, 0.15) is 0 Å². The van der Waals surface area contributed by atoms with Crippen molar-refractivity contribution in [3.63, 3.8) is 0 Å². The molecule has 1 saturated heterocycles. The van der Waals surface area contributed by atoms with Gasteiger partial charge >= 0.3 is 0 Å². The van der Waals surface area contributed by atoms with Gasteiger partial charge < -0.3 is 14.9 Å². The zero-order chi connectivity index (χ0) is 26.2. The summed E-state index contributed by atoms with van der Waals surface area (Å²) in [5, 5.41) is 2.95. The van der Waals surface area contributed by atoms with Gasteiger partial charge in [-0.2, -0.15) is 0 Å². The minimum absolute atomic E-state index is 0.0122. The standard InChI is InChI=1S/C32H32N4O2/c1-3-20(2)13-32(38)36-12-4-5-30(36)28-17-31(37)26-16-24(10-11-27(26)35-28)22-6-7-23-15-25(9-8-21(23)14-22)29-18-33-19-34-29/h6-11,14-20,30H,3-5,12-13H2,1-2H3,(H,33,34)(H,35,37)/t20-,30?/m0/s1. The Labute approximate surface area is 221 Å². The zero-order valence-corrected chi connectivity index (χ0v) is 21.8. The van der Waals surface area contributed by atoms with Crippen molar-refractivity contribution in [1.82, 2.24) is 19.9 Å². The Balaban J connectivity index is 1.30. The van der Waals surface area contributed by atoms with Crippen molar-refractivity contribution >= 4 is 27.6 Å². The van der Waals surface area contributed by atoms with E-state index in [0.29, 0.717) is 17.7 Å². The van der Waals surface area contributed by atoms with E-state index in [4.69, 9.17) is 0 Å². The zero-order valence-electron chi connectivity index (χ0n) is 21.8. The molecule has 0 spiro atoms. The normalized spacial score (nSPS) is 16.4. The lowest BCUT2D eigenvalue weighted by molar-refractivity contribution is -0.133. The van der Waals surface area contributed by atoms with Crippen LogP contribution in [0.25, 0.3) is 44.1 Å². The molecule has 1 aliphatic rings. The second-order valence-electron chi connectivity index (χ2n) is 10.6. The number of carbonyl (C=O) groups is 1. The average molecular weight is 505 g/mol. The number of H-pyrrole nitrogens is 2. The van der Waals surface area contributed by atoms with Crippen LogP contribution in [0.5, 0.6) is 0 Å². The molecule has 0 saturated carbocycles. The summed E-state index contributed by atoms with van der Waals surface area (Å²) in [6, 6.07) is 20.4. The van der Waals surface area contributed by atoms with E-state index < -0.39 is 0 Å². The van der Waals surface area contributed by atoms with E-state index in [1.165, 1.54) is 0 Å². The molecule has 1 amide bonds. The van der Waals surface area contributed by atoms with Crippen molar-refractivity contribution in [1.29, 1.82) is 0 Å². The summed E-state index contributed by atoms with van der Waals surface area (Å²) in [6.45, 7) is 4.99. The monoisotopic (exact) mass is 504 g/mol. The van der Waals surface area contributed by atoms with E-state index in [-0.39, 0.29) is 17.4 Å². The fourth-order valence-corrected chi connectivity index (χ4v) is 5.58. The Morgan fingerprint density at radius 2 is 1.76 bits per heavy atom. The lowest BCUT2D eigenvalue weighted by Gasteiger charge is -2.26. The summed E-state index contributed by atoms with van der Waals surface area (Å²) in [5.74, 6) is 0.553. The largest absolute Gasteiger partial charge is 0.356 e. The maximum atomic E-state index is 13.3. The van der Waals surface area contributed by atoms with Gasteiger partial charge in [-0.15, -0.1) is 0 Å². The molecule has 0 radical (unpaired) electrons. The second-order valence-corrected chi connectivity index (χ2v) is 10.6. The van der Waals surface area contributed by atoms with Crippen LogP contribution in [0, 0.1) is 5.92 Å². The fourth-order valence-electron chi connectivity index (χ4n) is 5.58. The number of benzene rings is 3. The Bertz CT molecular complexity index is 1690. The topological polar surface area (TPSA) is 81.8 Å². The highest BCUT2D eigenvalue weighted by molar-refractivity contribution is 5.92. The number of aromatic amines is 2. The molecule has 192 valence electrons. The Hall–Kier alpha value is -4.19. The van der Waals surface area contributed by atoms with Crippen LogP contribution in [-0.2, 0) is 4.79 Å². The lowest BCUT2D eigenvalue weighted by Crippen LogP contribution is -2.32. The molecule has 38 heavy (non-hydrogen) atoms. The number of hydrogen-bond donors (Lipinski definition) is 2. The molecule has 3 heterocycles. The highest BCUT2D eigenvalue weighted by Crippen LogP contribution is 2.33. The molecule has 2 atom stereocenters. The molecule has 5 aromatic rings. The average Bonchev–Trinajstić information content (AvgIpc) is 3.65. The number of carbonyl (C=O) groups excluding carboxylic acids is 1. The molecule has 6 nitrogen and oxygen atoms in total. The van der Waals surface area contributed by atoms with E-state index in [2.05, 4.69) is 71.3 Å². The van der Waals surface area contributed by atoms with E-state index in [1.54, 1.807) is 12.4 Å². The van der Waals surface area contributed by atoms with Gasteiger partial charge in [0.2, 0.25) is 5.91 Å². The van der Waals surface area contributed by atoms with Gasteiger partial charge in [-0.05, 0) is 64.9 Å². The Morgan fingerprint density at radius 1 is 1.03 bits per heavy atom. The highest BCUT2D eigenvalue weighted by Gasteiger charge is 2.31. The number of rotatable bonds is 6. The van der Waals surface area contributed by atoms with E-state index in [9.17, 15) is 9.59 Å². The predicted molar refractivity (Wildman–Crippen MR) is 153 cm³/mol. The van der Waals surface area contributed by atoms with Gasteiger partial charge in [0, 0.05) is 41.2 Å². The van der Waals surface area contributed by atoms with Gasteiger partial charge in [0.15, 0.2) is 5.43 Å². The van der Waals surface area contributed by atoms with E-state index >= 15 is 0 Å². The molecule has 6 heteroatoms. The Kier molecular flexibility index (Phi) is 6.32. The number of pyridine rings is 1. The van der Waals surface area contributed by atoms with Crippen LogP contribution < -0.4 is 5.43 Å². The van der Waals surface area contributed by atoms with Gasteiger partial charge in [-0.3, -0.25) is 9.59 Å². The minimum Gasteiger partial charge on any atom is -0.356 e. The Morgan fingerprint density at radius 3 is 2.53 bits per heavy atom. The lowest BCUT2D eigenvalue weighted by atomic mass is 9.98. The van der Waals surface area contributed by atoms with Crippen molar-refractivity contribution in [3.05, 3.63) is 89.1 Å². The van der Waals surface area contributed by atoms with Crippen LogP contribution in [0.3, 0.4) is 0 Å². The number of imidazole rings is 1. The molecule has 0 aliphatic carbocycles. The molecule has 3 aromatic carbocycles. The van der Waals surface area contributed by atoms with Crippen molar-refractivity contribution in [2.24, 2.45) is 5.92 Å². The van der Waals surface area contributed by atoms with Crippen LogP contribution in [0.2, 0.25) is 0 Å². The fraction of sp³-hybridized carbons (Fsp3) is 0.281. The summed E-state index contributed by atoms with van der Waals surface area (Å²) >= 11 is 0. The molecule has 2 aromatic heterocycles. The van der Waals surface area contributed by atoms with Crippen LogP contribution in [0.15, 0.2) is 78.0 Å². The number of nitrogens with one attached hydrogen (secondary N) is 2. The third-order valence-corrected chi connectivity index (χ3v) is 7.99. The second kappa shape index (κ2) is 9.93. The number of nitrogens with zero attached hydrogens (tertiary/aromatic N) is 2. The van der Waals surface area contributed by atoms with Crippen molar-refractivity contribution in [2.45, 2.75) is 45.6 Å². The number of aromatic nitrogens is 3. The van der Waals surface area contributed by atoms with E-state index in [1.807, 2.05) is 23.2 Å². The first-order valence-corrected chi connectivity index (χ1v) is 13.5. The first-order valence-electron chi connectivity index (χ1n) is 13.5. The molecular weight excluding hydrogens is 472 g/mol. The molecule has 1 fully saturated rings. The molecule has 6 rings (SSSR count). The van der Waals surface area contributed by atoms with Crippen LogP contribution in [-0.4, -0.2) is 32.3 Å². The molecule has 2 N–H and O–H groups in total. The number of hydrogen-bond acceptors (Lipinski definition) is 3.